The Morgan fingerprint density at radius 1 is 1.64 bits per heavy atom. The van der Waals surface area contributed by atoms with Crippen molar-refractivity contribution in [3.8, 4) is 0 Å². The van der Waals surface area contributed by atoms with Gasteiger partial charge in [0.15, 0.2) is 0 Å². The zero-order valence-electron chi connectivity index (χ0n) is 7.74. The van der Waals surface area contributed by atoms with Crippen LogP contribution in [0.5, 0.6) is 0 Å². The molecule has 0 amide bonds. The van der Waals surface area contributed by atoms with Gasteiger partial charge in [0.25, 0.3) is 0 Å². The maximum absolute atomic E-state index is 10.8. The molecule has 74 valence electrons. The quantitative estimate of drug-likeness (QED) is 0.779. The molecule has 4 heteroatoms. The lowest BCUT2D eigenvalue weighted by molar-refractivity contribution is -0.139. The smallest absolute Gasteiger partial charge is 0.309 e. The van der Waals surface area contributed by atoms with Crippen molar-refractivity contribution in [3.63, 3.8) is 0 Å². The van der Waals surface area contributed by atoms with Gasteiger partial charge < -0.3 is 4.74 Å². The highest BCUT2D eigenvalue weighted by molar-refractivity contribution is 9.10. The van der Waals surface area contributed by atoms with Crippen molar-refractivity contribution in [2.24, 2.45) is 0 Å². The number of methoxy groups -OCH3 is 1. The van der Waals surface area contributed by atoms with E-state index in [4.69, 9.17) is 0 Å². The number of halogens is 1. The average molecular weight is 256 g/mol. The van der Waals surface area contributed by atoms with E-state index in [1.165, 1.54) is 7.11 Å². The summed E-state index contributed by atoms with van der Waals surface area (Å²) in [6.07, 6.45) is 5.48. The summed E-state index contributed by atoms with van der Waals surface area (Å²) in [5.74, 6) is -0.252. The number of nitrogens with zero attached hydrogens (tertiary/aromatic N) is 1. The van der Waals surface area contributed by atoms with Crippen molar-refractivity contribution in [3.05, 3.63) is 34.6 Å². The molecule has 1 rings (SSSR count). The number of hydrogen-bond acceptors (Lipinski definition) is 3. The van der Waals surface area contributed by atoms with Crippen LogP contribution in [0.3, 0.4) is 0 Å². The maximum atomic E-state index is 10.8. The first-order valence-corrected chi connectivity index (χ1v) is 4.86. The van der Waals surface area contributed by atoms with Crippen LogP contribution < -0.4 is 0 Å². The molecule has 0 aromatic carbocycles. The van der Waals surface area contributed by atoms with Crippen LogP contribution in [0, 0.1) is 0 Å². The van der Waals surface area contributed by atoms with Gasteiger partial charge in [0.2, 0.25) is 0 Å². The van der Waals surface area contributed by atoms with Crippen LogP contribution in [-0.2, 0) is 9.53 Å². The minimum Gasteiger partial charge on any atom is -0.469 e. The molecule has 1 aromatic rings. The van der Waals surface area contributed by atoms with Gasteiger partial charge in [-0.05, 0) is 34.1 Å². The van der Waals surface area contributed by atoms with Gasteiger partial charge in [0, 0.05) is 10.7 Å². The Morgan fingerprint density at radius 3 is 3.00 bits per heavy atom. The van der Waals surface area contributed by atoms with Crippen molar-refractivity contribution in [1.29, 1.82) is 0 Å². The van der Waals surface area contributed by atoms with Crippen LogP contribution in [0.1, 0.15) is 12.1 Å². The van der Waals surface area contributed by atoms with E-state index in [0.717, 1.165) is 10.2 Å². The first-order valence-electron chi connectivity index (χ1n) is 4.07. The standard InChI is InChI=1S/C10H10BrNO2/c1-14-10(13)4-2-3-9-6-5-8(11)7-12-9/h2-3,5-7H,4H2,1H3. The SMILES string of the molecule is COC(=O)CC=Cc1ccc(Br)cn1. The molecule has 0 aliphatic heterocycles. The molecule has 0 aliphatic carbocycles. The number of esters is 1. The number of rotatable bonds is 3. The van der Waals surface area contributed by atoms with Crippen LogP contribution >= 0.6 is 15.9 Å². The molecule has 0 fully saturated rings. The van der Waals surface area contributed by atoms with E-state index in [1.54, 1.807) is 18.3 Å². The van der Waals surface area contributed by atoms with Gasteiger partial charge in [-0.1, -0.05) is 6.08 Å². The zero-order chi connectivity index (χ0) is 10.4. The molecule has 0 unspecified atom stereocenters. The van der Waals surface area contributed by atoms with Crippen molar-refractivity contribution in [2.45, 2.75) is 6.42 Å². The Bertz CT molecular complexity index is 332. The summed E-state index contributed by atoms with van der Waals surface area (Å²) in [5.41, 5.74) is 0.817. The van der Waals surface area contributed by atoms with Crippen LogP contribution in [0.4, 0.5) is 0 Å². The van der Waals surface area contributed by atoms with E-state index < -0.39 is 0 Å². The van der Waals surface area contributed by atoms with Crippen LogP contribution in [0.2, 0.25) is 0 Å². The molecule has 0 aliphatic rings. The molecule has 0 saturated heterocycles. The van der Waals surface area contributed by atoms with Gasteiger partial charge in [-0.2, -0.15) is 0 Å². The highest BCUT2D eigenvalue weighted by Gasteiger charge is 1.94. The third-order valence-corrected chi connectivity index (χ3v) is 2.02. The van der Waals surface area contributed by atoms with Gasteiger partial charge >= 0.3 is 5.97 Å². The molecule has 0 saturated carbocycles. The molecule has 0 N–H and O–H groups in total. The van der Waals surface area contributed by atoms with Gasteiger partial charge in [-0.15, -0.1) is 0 Å². The molecule has 0 atom stereocenters. The van der Waals surface area contributed by atoms with E-state index in [0.29, 0.717) is 0 Å². The summed E-state index contributed by atoms with van der Waals surface area (Å²) in [4.78, 5) is 14.9. The number of aromatic nitrogens is 1. The fraction of sp³-hybridized carbons (Fsp3) is 0.200. The highest BCUT2D eigenvalue weighted by atomic mass is 79.9. The van der Waals surface area contributed by atoms with Crippen molar-refractivity contribution in [1.82, 2.24) is 4.98 Å². The summed E-state index contributed by atoms with van der Waals surface area (Å²) in [7, 11) is 1.37. The summed E-state index contributed by atoms with van der Waals surface area (Å²) >= 11 is 3.29. The second-order valence-corrected chi connectivity index (χ2v) is 3.50. The fourth-order valence-electron chi connectivity index (χ4n) is 0.845. The largest absolute Gasteiger partial charge is 0.469 e. The summed E-state index contributed by atoms with van der Waals surface area (Å²) in [5, 5.41) is 0. The van der Waals surface area contributed by atoms with E-state index in [1.807, 2.05) is 12.1 Å². The average Bonchev–Trinajstić information content (AvgIpc) is 2.21. The van der Waals surface area contributed by atoms with E-state index in [2.05, 4.69) is 25.7 Å². The molecule has 3 nitrogen and oxygen atoms in total. The lowest BCUT2D eigenvalue weighted by Gasteiger charge is -1.93. The molecule has 0 radical (unpaired) electrons. The van der Waals surface area contributed by atoms with E-state index >= 15 is 0 Å². The maximum Gasteiger partial charge on any atom is 0.309 e. The van der Waals surface area contributed by atoms with Gasteiger partial charge in [0.05, 0.1) is 19.2 Å². The normalized spacial score (nSPS) is 10.4. The summed E-state index contributed by atoms with van der Waals surface area (Å²) < 4.78 is 5.42. The van der Waals surface area contributed by atoms with E-state index in [-0.39, 0.29) is 12.4 Å². The predicted molar refractivity (Wildman–Crippen MR) is 57.6 cm³/mol. The van der Waals surface area contributed by atoms with Crippen LogP contribution in [-0.4, -0.2) is 18.1 Å². The Morgan fingerprint density at radius 2 is 2.43 bits per heavy atom. The first-order chi connectivity index (χ1) is 6.72. The van der Waals surface area contributed by atoms with Crippen LogP contribution in [0.25, 0.3) is 6.08 Å². The monoisotopic (exact) mass is 255 g/mol. The van der Waals surface area contributed by atoms with Gasteiger partial charge in [-0.25, -0.2) is 0 Å². The molecular weight excluding hydrogens is 246 g/mol. The molecule has 1 aromatic heterocycles. The lowest BCUT2D eigenvalue weighted by atomic mass is 10.3. The summed E-state index contributed by atoms with van der Waals surface area (Å²) in [6.45, 7) is 0. The number of carbonyl (C=O) groups excluding carboxylic acids is 1. The Balaban J connectivity index is 2.52. The highest BCUT2D eigenvalue weighted by Crippen LogP contribution is 2.08. The Kier molecular flexibility index (Phi) is 4.32. The Labute approximate surface area is 90.9 Å². The number of hydrogen-bond donors (Lipinski definition) is 0. The van der Waals surface area contributed by atoms with Crippen molar-refractivity contribution >= 4 is 28.0 Å². The third-order valence-electron chi connectivity index (χ3n) is 1.55. The minimum absolute atomic E-state index is 0.252. The number of pyridine rings is 1. The Hall–Kier alpha value is -1.16. The molecule has 14 heavy (non-hydrogen) atoms. The topological polar surface area (TPSA) is 39.2 Å². The molecule has 1 heterocycles. The van der Waals surface area contributed by atoms with E-state index in [9.17, 15) is 4.79 Å². The van der Waals surface area contributed by atoms with Gasteiger partial charge in [-0.3, -0.25) is 9.78 Å². The fourth-order valence-corrected chi connectivity index (χ4v) is 1.08. The molecule has 0 spiro atoms. The summed E-state index contributed by atoms with van der Waals surface area (Å²) in [6, 6.07) is 3.75. The second-order valence-electron chi connectivity index (χ2n) is 2.58. The van der Waals surface area contributed by atoms with Crippen LogP contribution in [0.15, 0.2) is 28.9 Å². The van der Waals surface area contributed by atoms with Gasteiger partial charge in [0.1, 0.15) is 0 Å². The molecular formula is C10H10BrNO2. The minimum atomic E-state index is -0.252. The molecule has 0 bridgehead atoms. The zero-order valence-corrected chi connectivity index (χ0v) is 9.32. The first kappa shape index (κ1) is 10.9. The van der Waals surface area contributed by atoms with Crippen molar-refractivity contribution in [2.75, 3.05) is 7.11 Å². The second kappa shape index (κ2) is 5.54. The third kappa shape index (κ3) is 3.70. The lowest BCUT2D eigenvalue weighted by Crippen LogP contribution is -1.96. The predicted octanol–water partition coefficient (Wildman–Crippen LogP) is 2.42. The number of ether oxygens (including phenoxy) is 1. The number of carbonyl (C=O) groups is 1. The van der Waals surface area contributed by atoms with Crippen molar-refractivity contribution < 1.29 is 9.53 Å².